The topological polar surface area (TPSA) is 160 Å². The van der Waals surface area contributed by atoms with Gasteiger partial charge in [0.1, 0.15) is 22.9 Å². The SMILES string of the molecule is O=C(C[n+]1ccc(CN2CC/C(=C\C3=C(C(=O)O)N4C(=O)[C@@H](NC(=O)CSc5cc(Cl)c(Cl)cc5Cl)[C@H]4SC3)C2=O)cc1)Nc1ccc(O)cc1. The second-order valence-corrected chi connectivity index (χ2v) is 15.1. The minimum atomic E-state index is -1.30. The number of pyridine rings is 1. The minimum Gasteiger partial charge on any atom is -0.508 e. The van der Waals surface area contributed by atoms with E-state index < -0.39 is 29.2 Å². The van der Waals surface area contributed by atoms with Crippen molar-refractivity contribution < 1.29 is 38.8 Å². The molecular formula is C34H29Cl3N5O7S2+. The molecule has 3 aromatic rings. The Balaban J connectivity index is 1.04. The number of thioether (sulfide) groups is 2. The molecule has 4 heterocycles. The predicted octanol–water partition coefficient (Wildman–Crippen LogP) is 4.47. The second-order valence-electron chi connectivity index (χ2n) is 11.7. The highest BCUT2D eigenvalue weighted by Gasteiger charge is 2.54. The molecule has 3 aliphatic rings. The molecule has 17 heteroatoms. The number of carbonyl (C=O) groups is 5. The predicted molar refractivity (Wildman–Crippen MR) is 193 cm³/mol. The molecule has 2 aromatic carbocycles. The number of anilines is 1. The van der Waals surface area contributed by atoms with Crippen LogP contribution in [0, 0.1) is 0 Å². The average Bonchev–Trinajstić information content (AvgIpc) is 3.43. The lowest BCUT2D eigenvalue weighted by atomic mass is 10.0. The Morgan fingerprint density at radius 1 is 1.00 bits per heavy atom. The van der Waals surface area contributed by atoms with E-state index in [0.29, 0.717) is 46.3 Å². The molecule has 2 saturated heterocycles. The van der Waals surface area contributed by atoms with Crippen molar-refractivity contribution in [3.63, 3.8) is 0 Å². The molecule has 0 saturated carbocycles. The number of allylic oxidation sites excluding steroid dienone is 1. The molecule has 0 spiro atoms. The van der Waals surface area contributed by atoms with E-state index >= 15 is 0 Å². The van der Waals surface area contributed by atoms with E-state index in [0.717, 1.165) is 22.2 Å². The van der Waals surface area contributed by atoms with Gasteiger partial charge < -0.3 is 25.7 Å². The van der Waals surface area contributed by atoms with E-state index in [1.807, 2.05) is 12.1 Å². The molecule has 4 amide bonds. The number of halogens is 3. The van der Waals surface area contributed by atoms with Crippen LogP contribution in [0.3, 0.4) is 0 Å². The Bertz CT molecular complexity index is 1990. The van der Waals surface area contributed by atoms with Crippen molar-refractivity contribution in [2.75, 3.05) is 23.4 Å². The number of fused-ring (bicyclic) bond motifs is 1. The summed E-state index contributed by atoms with van der Waals surface area (Å²) in [7, 11) is 0. The van der Waals surface area contributed by atoms with Gasteiger partial charge in [-0.25, -0.2) is 4.79 Å². The minimum absolute atomic E-state index is 0.0569. The first kappa shape index (κ1) is 36.6. The number of phenolic OH excluding ortho intramolecular Hbond substituents is 1. The molecule has 0 bridgehead atoms. The number of aliphatic carboxylic acids is 1. The highest BCUT2D eigenvalue weighted by Crippen LogP contribution is 2.42. The zero-order valence-corrected chi connectivity index (χ0v) is 30.4. The van der Waals surface area contributed by atoms with Crippen LogP contribution in [0.1, 0.15) is 12.0 Å². The zero-order valence-electron chi connectivity index (χ0n) is 26.5. The summed E-state index contributed by atoms with van der Waals surface area (Å²) in [4.78, 5) is 67.4. The molecule has 4 N–H and O–H groups in total. The van der Waals surface area contributed by atoms with Gasteiger partial charge in [0.15, 0.2) is 12.4 Å². The number of carboxylic acid groups (broad SMARTS) is 1. The monoisotopic (exact) mass is 788 g/mol. The maximum atomic E-state index is 13.3. The normalized spacial score (nSPS) is 19.2. The lowest BCUT2D eigenvalue weighted by molar-refractivity contribution is -0.684. The van der Waals surface area contributed by atoms with Crippen LogP contribution >= 0.6 is 58.3 Å². The van der Waals surface area contributed by atoms with E-state index in [1.54, 1.807) is 46.1 Å². The van der Waals surface area contributed by atoms with Crippen molar-refractivity contribution in [1.82, 2.24) is 15.1 Å². The number of likely N-dealkylation sites (tertiary alicyclic amines) is 1. The van der Waals surface area contributed by atoms with Gasteiger partial charge in [-0.2, -0.15) is 4.57 Å². The number of amides is 4. The van der Waals surface area contributed by atoms with Gasteiger partial charge in [0.2, 0.25) is 18.4 Å². The van der Waals surface area contributed by atoms with Crippen molar-refractivity contribution in [3.8, 4) is 5.75 Å². The summed E-state index contributed by atoms with van der Waals surface area (Å²) < 4.78 is 1.70. The quantitative estimate of drug-likeness (QED) is 0.0549. The van der Waals surface area contributed by atoms with E-state index in [1.165, 1.54) is 30.0 Å². The van der Waals surface area contributed by atoms with Gasteiger partial charge in [-0.15, -0.1) is 23.5 Å². The summed E-state index contributed by atoms with van der Waals surface area (Å²) in [6, 6.07) is 11.9. The molecule has 12 nitrogen and oxygen atoms in total. The van der Waals surface area contributed by atoms with Crippen LogP contribution in [-0.4, -0.2) is 79.1 Å². The van der Waals surface area contributed by atoms with Crippen molar-refractivity contribution in [3.05, 3.63) is 104 Å². The zero-order chi connectivity index (χ0) is 36.4. The summed E-state index contributed by atoms with van der Waals surface area (Å²) in [6.07, 6.45) is 5.46. The highest BCUT2D eigenvalue weighted by molar-refractivity contribution is 8.00. The van der Waals surface area contributed by atoms with Gasteiger partial charge in [0, 0.05) is 47.1 Å². The third-order valence-electron chi connectivity index (χ3n) is 8.22. The fraction of sp³-hybridized carbons (Fsp3) is 0.235. The number of β-lactam (4-membered cyclic amide) rings is 1. The summed E-state index contributed by atoms with van der Waals surface area (Å²) in [5, 5.41) is 25.2. The molecule has 0 unspecified atom stereocenters. The average molecular weight is 790 g/mol. The molecule has 264 valence electrons. The van der Waals surface area contributed by atoms with Gasteiger partial charge in [-0.3, -0.25) is 24.1 Å². The standard InChI is InChI=1S/C34H28Cl3N5O7S2/c35-23-12-25(37)26(13-24(23)36)50-17-28(45)39-29-32(47)42-30(34(48)49)20(16-51-33(29)42)11-19-7-10-41(31(19)46)14-18-5-8-40(9-6-18)15-27(44)38-21-1-3-22(43)4-2-21/h1-6,8-9,11-13,29,33H,7,10,14-17H2,(H3-,38,39,43,44,45,48,49)/p+1/b19-11+/t29-,33-/m1/s1. The van der Waals surface area contributed by atoms with Gasteiger partial charge >= 0.3 is 5.97 Å². The largest absolute Gasteiger partial charge is 0.508 e. The second kappa shape index (κ2) is 15.6. The molecular weight excluding hydrogens is 761 g/mol. The fourth-order valence-corrected chi connectivity index (χ4v) is 8.57. The molecule has 0 radical (unpaired) electrons. The van der Waals surface area contributed by atoms with Crippen molar-refractivity contribution >= 4 is 93.6 Å². The van der Waals surface area contributed by atoms with Crippen molar-refractivity contribution in [1.29, 1.82) is 0 Å². The van der Waals surface area contributed by atoms with Crippen LogP contribution in [-0.2, 0) is 37.1 Å². The molecule has 1 aromatic heterocycles. The Morgan fingerprint density at radius 3 is 2.41 bits per heavy atom. The number of rotatable bonds is 11. The van der Waals surface area contributed by atoms with Crippen LogP contribution in [0.4, 0.5) is 5.69 Å². The van der Waals surface area contributed by atoms with E-state index in [-0.39, 0.29) is 51.4 Å². The van der Waals surface area contributed by atoms with Crippen LogP contribution in [0.2, 0.25) is 15.1 Å². The number of aromatic nitrogens is 1. The lowest BCUT2D eigenvalue weighted by Crippen LogP contribution is -2.70. The summed E-state index contributed by atoms with van der Waals surface area (Å²) in [6.45, 7) is 0.819. The smallest absolute Gasteiger partial charge is 0.352 e. The third kappa shape index (κ3) is 8.31. The van der Waals surface area contributed by atoms with Gasteiger partial charge in [-0.1, -0.05) is 34.8 Å². The van der Waals surface area contributed by atoms with Crippen LogP contribution in [0.5, 0.6) is 5.75 Å². The number of nitrogens with zero attached hydrogens (tertiary/aromatic N) is 3. The van der Waals surface area contributed by atoms with E-state index in [2.05, 4.69) is 10.6 Å². The molecule has 3 aliphatic heterocycles. The number of phenols is 1. The maximum absolute atomic E-state index is 13.3. The lowest BCUT2D eigenvalue weighted by Gasteiger charge is -2.49. The number of benzene rings is 2. The fourth-order valence-electron chi connectivity index (χ4n) is 5.72. The molecule has 51 heavy (non-hydrogen) atoms. The molecule has 2 fully saturated rings. The van der Waals surface area contributed by atoms with E-state index in [4.69, 9.17) is 34.8 Å². The van der Waals surface area contributed by atoms with Crippen LogP contribution in [0.25, 0.3) is 0 Å². The van der Waals surface area contributed by atoms with Crippen LogP contribution < -0.4 is 15.2 Å². The number of carbonyl (C=O) groups excluding carboxylic acids is 4. The first-order chi connectivity index (χ1) is 24.4. The van der Waals surface area contributed by atoms with Crippen LogP contribution in [0.15, 0.2) is 88.7 Å². The molecule has 6 rings (SSSR count). The summed E-state index contributed by atoms with van der Waals surface area (Å²) in [5.41, 5.74) is 2.00. The Labute approximate surface area is 315 Å². The maximum Gasteiger partial charge on any atom is 0.352 e. The summed E-state index contributed by atoms with van der Waals surface area (Å²) in [5.74, 6) is -2.49. The Morgan fingerprint density at radius 2 is 1.71 bits per heavy atom. The van der Waals surface area contributed by atoms with Gasteiger partial charge in [0.25, 0.3) is 11.8 Å². The van der Waals surface area contributed by atoms with Gasteiger partial charge in [-0.05, 0) is 60.0 Å². The summed E-state index contributed by atoms with van der Waals surface area (Å²) >= 11 is 20.6. The molecule has 2 atom stereocenters. The number of aromatic hydroxyl groups is 1. The number of nitrogens with one attached hydrogen (secondary N) is 2. The third-order valence-corrected chi connectivity index (χ3v) is 11.7. The number of hydrogen-bond acceptors (Lipinski definition) is 8. The van der Waals surface area contributed by atoms with Crippen molar-refractivity contribution in [2.24, 2.45) is 0 Å². The Kier molecular flexibility index (Phi) is 11.2. The number of hydrogen-bond donors (Lipinski definition) is 4. The van der Waals surface area contributed by atoms with Crippen molar-refractivity contribution in [2.45, 2.75) is 35.8 Å². The highest BCUT2D eigenvalue weighted by atomic mass is 35.5. The Hall–Kier alpha value is -4.21. The van der Waals surface area contributed by atoms with Gasteiger partial charge in [0.05, 0.1) is 20.8 Å². The van der Waals surface area contributed by atoms with E-state index in [9.17, 15) is 34.2 Å². The first-order valence-corrected chi connectivity index (χ1v) is 18.6. The first-order valence-electron chi connectivity index (χ1n) is 15.4. The number of carboxylic acids is 1. The molecule has 0 aliphatic carbocycles.